The number of rotatable bonds is 8. The molecule has 2 aromatic carbocycles. The van der Waals surface area contributed by atoms with Gasteiger partial charge in [0, 0.05) is 25.9 Å². The van der Waals surface area contributed by atoms with E-state index in [9.17, 15) is 4.79 Å². The minimum absolute atomic E-state index is 0.0540. The molecule has 0 bridgehead atoms. The van der Waals surface area contributed by atoms with Crippen LogP contribution < -0.4 is 14.8 Å². The molecule has 1 aromatic heterocycles. The van der Waals surface area contributed by atoms with Crippen LogP contribution in [0, 0.1) is 0 Å². The Kier molecular flexibility index (Phi) is 6.32. The fraction of sp³-hybridized carbons (Fsp3) is 0.273. The van der Waals surface area contributed by atoms with Gasteiger partial charge in [0.2, 0.25) is 5.91 Å². The lowest BCUT2D eigenvalue weighted by Gasteiger charge is -2.20. The van der Waals surface area contributed by atoms with E-state index in [4.69, 9.17) is 9.47 Å². The number of imidazole rings is 1. The van der Waals surface area contributed by atoms with Crippen LogP contribution in [0.25, 0.3) is 0 Å². The van der Waals surface area contributed by atoms with Gasteiger partial charge in [-0.25, -0.2) is 4.98 Å². The first kappa shape index (κ1) is 19.5. The molecular weight excluding hydrogens is 354 g/mol. The highest BCUT2D eigenvalue weighted by molar-refractivity contribution is 5.77. The van der Waals surface area contributed by atoms with Gasteiger partial charge in [0.1, 0.15) is 23.4 Å². The van der Waals surface area contributed by atoms with Crippen molar-refractivity contribution >= 4 is 5.91 Å². The zero-order valence-corrected chi connectivity index (χ0v) is 16.4. The minimum atomic E-state index is -0.361. The average Bonchev–Trinajstić information content (AvgIpc) is 3.16. The van der Waals surface area contributed by atoms with Crippen LogP contribution >= 0.6 is 0 Å². The van der Waals surface area contributed by atoms with Crippen molar-refractivity contribution in [2.45, 2.75) is 18.9 Å². The molecule has 0 radical (unpaired) electrons. The monoisotopic (exact) mass is 379 g/mol. The molecule has 1 atom stereocenters. The van der Waals surface area contributed by atoms with E-state index in [1.165, 1.54) is 0 Å². The Morgan fingerprint density at radius 2 is 1.96 bits per heavy atom. The molecule has 0 fully saturated rings. The quantitative estimate of drug-likeness (QED) is 0.652. The molecular formula is C22H25N3O3. The number of nitrogens with one attached hydrogen (secondary N) is 1. The molecule has 0 aliphatic heterocycles. The Morgan fingerprint density at radius 3 is 2.68 bits per heavy atom. The third-order valence-electron chi connectivity index (χ3n) is 4.66. The van der Waals surface area contributed by atoms with E-state index in [2.05, 4.69) is 10.3 Å². The van der Waals surface area contributed by atoms with Gasteiger partial charge in [-0.2, -0.15) is 0 Å². The number of carbonyl (C=O) groups is 1. The van der Waals surface area contributed by atoms with Crippen LogP contribution in [0.2, 0.25) is 0 Å². The highest BCUT2D eigenvalue weighted by atomic mass is 16.5. The van der Waals surface area contributed by atoms with Gasteiger partial charge in [-0.1, -0.05) is 30.3 Å². The summed E-state index contributed by atoms with van der Waals surface area (Å²) < 4.78 is 12.6. The highest BCUT2D eigenvalue weighted by Crippen LogP contribution is 2.25. The summed E-state index contributed by atoms with van der Waals surface area (Å²) in [4.78, 5) is 17.2. The molecule has 6 heteroatoms. The Labute approximate surface area is 165 Å². The molecule has 1 N–H and O–H groups in total. The van der Waals surface area contributed by atoms with Gasteiger partial charge in [-0.15, -0.1) is 0 Å². The highest BCUT2D eigenvalue weighted by Gasteiger charge is 2.21. The van der Waals surface area contributed by atoms with E-state index in [-0.39, 0.29) is 11.9 Å². The number of nitrogens with zero attached hydrogens (tertiary/aromatic N) is 2. The van der Waals surface area contributed by atoms with Crippen molar-refractivity contribution < 1.29 is 14.3 Å². The normalized spacial score (nSPS) is 11.7. The molecule has 28 heavy (non-hydrogen) atoms. The van der Waals surface area contributed by atoms with Crippen LogP contribution in [-0.4, -0.2) is 29.7 Å². The Balaban J connectivity index is 1.77. The Bertz CT molecular complexity index is 936. The lowest BCUT2D eigenvalue weighted by Crippen LogP contribution is -2.31. The van der Waals surface area contributed by atoms with Gasteiger partial charge < -0.3 is 19.4 Å². The largest absolute Gasteiger partial charge is 0.497 e. The van der Waals surface area contributed by atoms with Crippen LogP contribution in [0.1, 0.15) is 29.4 Å². The average molecular weight is 379 g/mol. The first-order valence-corrected chi connectivity index (χ1v) is 9.14. The fourth-order valence-electron chi connectivity index (χ4n) is 3.16. The number of ether oxygens (including phenoxy) is 2. The molecule has 0 aliphatic rings. The zero-order valence-electron chi connectivity index (χ0n) is 16.4. The van der Waals surface area contributed by atoms with Crippen LogP contribution in [0.5, 0.6) is 11.5 Å². The molecule has 1 amide bonds. The maximum Gasteiger partial charge on any atom is 0.221 e. The van der Waals surface area contributed by atoms with Crippen molar-refractivity contribution in [3.8, 4) is 11.5 Å². The summed E-state index contributed by atoms with van der Waals surface area (Å²) in [6, 6.07) is 15.0. The molecule has 0 saturated heterocycles. The minimum Gasteiger partial charge on any atom is -0.497 e. The van der Waals surface area contributed by atoms with E-state index >= 15 is 0 Å². The van der Waals surface area contributed by atoms with Crippen molar-refractivity contribution in [2.24, 2.45) is 7.05 Å². The standard InChI is InChI=1S/C22H25N3O3/c1-25-14-13-23-22(25)21(17-8-6-9-18(15-17)27-2)24-20(26)12-11-16-7-4-5-10-19(16)28-3/h4-10,13-15,21H,11-12H2,1-3H3,(H,24,26). The number of benzene rings is 2. The number of aryl methyl sites for hydroxylation is 2. The number of amides is 1. The molecule has 0 spiro atoms. The molecule has 146 valence electrons. The van der Waals surface area contributed by atoms with E-state index in [1.807, 2.05) is 66.3 Å². The molecule has 3 aromatic rings. The number of methoxy groups -OCH3 is 2. The van der Waals surface area contributed by atoms with E-state index in [0.29, 0.717) is 12.8 Å². The maximum atomic E-state index is 12.7. The predicted octanol–water partition coefficient (Wildman–Crippen LogP) is 3.28. The van der Waals surface area contributed by atoms with Gasteiger partial charge in [-0.3, -0.25) is 4.79 Å². The van der Waals surface area contributed by atoms with E-state index < -0.39 is 0 Å². The summed E-state index contributed by atoms with van der Waals surface area (Å²) >= 11 is 0. The van der Waals surface area contributed by atoms with Crippen molar-refractivity contribution in [3.63, 3.8) is 0 Å². The Morgan fingerprint density at radius 1 is 1.14 bits per heavy atom. The van der Waals surface area contributed by atoms with E-state index in [0.717, 1.165) is 28.5 Å². The van der Waals surface area contributed by atoms with Crippen LogP contribution in [0.3, 0.4) is 0 Å². The lowest BCUT2D eigenvalue weighted by atomic mass is 10.0. The molecule has 1 unspecified atom stereocenters. The van der Waals surface area contributed by atoms with Crippen molar-refractivity contribution in [2.75, 3.05) is 14.2 Å². The van der Waals surface area contributed by atoms with Gasteiger partial charge in [0.25, 0.3) is 0 Å². The number of para-hydroxylation sites is 1. The second-order valence-electron chi connectivity index (χ2n) is 6.49. The van der Waals surface area contributed by atoms with Gasteiger partial charge in [0.05, 0.1) is 14.2 Å². The van der Waals surface area contributed by atoms with Crippen molar-refractivity contribution in [1.82, 2.24) is 14.9 Å². The third kappa shape index (κ3) is 4.52. The summed E-state index contributed by atoms with van der Waals surface area (Å²) in [5.41, 5.74) is 1.93. The second-order valence-corrected chi connectivity index (χ2v) is 6.49. The topological polar surface area (TPSA) is 65.4 Å². The van der Waals surface area contributed by atoms with Gasteiger partial charge >= 0.3 is 0 Å². The first-order chi connectivity index (χ1) is 13.6. The summed E-state index contributed by atoms with van der Waals surface area (Å²) in [7, 11) is 5.18. The van der Waals surface area contributed by atoms with Gasteiger partial charge in [0.15, 0.2) is 0 Å². The fourth-order valence-corrected chi connectivity index (χ4v) is 3.16. The molecule has 6 nitrogen and oxygen atoms in total. The van der Waals surface area contributed by atoms with Crippen molar-refractivity contribution in [3.05, 3.63) is 77.9 Å². The number of hydrogen-bond acceptors (Lipinski definition) is 4. The SMILES string of the molecule is COc1cccc(C(NC(=O)CCc2ccccc2OC)c2nccn2C)c1. The predicted molar refractivity (Wildman–Crippen MR) is 108 cm³/mol. The van der Waals surface area contributed by atoms with Crippen LogP contribution in [-0.2, 0) is 18.3 Å². The molecule has 0 saturated carbocycles. The summed E-state index contributed by atoms with van der Waals surface area (Å²) in [5.74, 6) is 2.24. The summed E-state index contributed by atoms with van der Waals surface area (Å²) in [6.07, 6.45) is 4.54. The van der Waals surface area contributed by atoms with E-state index in [1.54, 1.807) is 20.4 Å². The number of hydrogen-bond donors (Lipinski definition) is 1. The summed E-state index contributed by atoms with van der Waals surface area (Å²) in [5, 5.41) is 3.12. The van der Waals surface area contributed by atoms with Crippen LogP contribution in [0.4, 0.5) is 0 Å². The Hall–Kier alpha value is -3.28. The third-order valence-corrected chi connectivity index (χ3v) is 4.66. The van der Waals surface area contributed by atoms with Crippen molar-refractivity contribution in [1.29, 1.82) is 0 Å². The smallest absolute Gasteiger partial charge is 0.221 e. The van der Waals surface area contributed by atoms with Gasteiger partial charge in [-0.05, 0) is 35.7 Å². The lowest BCUT2D eigenvalue weighted by molar-refractivity contribution is -0.121. The summed E-state index contributed by atoms with van der Waals surface area (Å²) in [6.45, 7) is 0. The number of carbonyl (C=O) groups excluding carboxylic acids is 1. The second kappa shape index (κ2) is 9.08. The zero-order chi connectivity index (χ0) is 19.9. The number of aromatic nitrogens is 2. The molecule has 0 aliphatic carbocycles. The molecule has 3 rings (SSSR count). The molecule has 1 heterocycles. The maximum absolute atomic E-state index is 12.7. The van der Waals surface area contributed by atoms with Crippen LogP contribution in [0.15, 0.2) is 60.9 Å². The first-order valence-electron chi connectivity index (χ1n) is 9.14.